The van der Waals surface area contributed by atoms with E-state index in [1.54, 1.807) is 17.0 Å². The Balaban J connectivity index is 1.92. The van der Waals surface area contributed by atoms with Crippen molar-refractivity contribution in [3.8, 4) is 0 Å². The second-order valence-electron chi connectivity index (χ2n) is 4.50. The molecule has 0 aliphatic carbocycles. The molecule has 0 saturated heterocycles. The molecule has 2 aromatic rings. The van der Waals surface area contributed by atoms with Gasteiger partial charge in [-0.05, 0) is 18.9 Å². The Morgan fingerprint density at radius 1 is 1.26 bits per heavy atom. The van der Waals surface area contributed by atoms with Crippen LogP contribution in [0.3, 0.4) is 0 Å². The molecule has 0 N–H and O–H groups in total. The van der Waals surface area contributed by atoms with Gasteiger partial charge in [-0.2, -0.15) is 0 Å². The maximum Gasteiger partial charge on any atom is 0.347 e. The van der Waals surface area contributed by atoms with Crippen LogP contribution in [0, 0.1) is 6.92 Å². The first kappa shape index (κ1) is 13.2. The molecule has 0 bridgehead atoms. The average molecular weight is 256 g/mol. The summed E-state index contributed by atoms with van der Waals surface area (Å²) in [5.74, 6) is 0.106. The molecule has 0 atom stereocenters. The first-order chi connectivity index (χ1) is 9.16. The van der Waals surface area contributed by atoms with Crippen molar-refractivity contribution in [2.24, 2.45) is 0 Å². The van der Waals surface area contributed by atoms with E-state index in [4.69, 9.17) is 0 Å². The fourth-order valence-corrected chi connectivity index (χ4v) is 1.90. The van der Waals surface area contributed by atoms with E-state index in [1.807, 2.05) is 37.3 Å². The van der Waals surface area contributed by atoms with Crippen LogP contribution < -0.4 is 5.69 Å². The van der Waals surface area contributed by atoms with Crippen LogP contribution in [0.4, 0.5) is 0 Å². The zero-order chi connectivity index (χ0) is 13.7. The maximum absolute atomic E-state index is 11.9. The second kappa shape index (κ2) is 6.09. The third-order valence-corrected chi connectivity index (χ3v) is 2.88. The number of benzene rings is 1. The molecule has 98 valence electrons. The Labute approximate surface area is 111 Å². The lowest BCUT2D eigenvalue weighted by Gasteiger charge is -2.05. The summed E-state index contributed by atoms with van der Waals surface area (Å²) in [6.45, 7) is 2.41. The summed E-state index contributed by atoms with van der Waals surface area (Å²) in [7, 11) is 0. The summed E-state index contributed by atoms with van der Waals surface area (Å²) >= 11 is 0. The number of hydrogen-bond donors (Lipinski definition) is 0. The van der Waals surface area contributed by atoms with E-state index in [1.165, 1.54) is 0 Å². The third kappa shape index (κ3) is 3.61. The fraction of sp³-hybridized carbons (Fsp3) is 0.267. The molecule has 2 rings (SSSR count). The highest BCUT2D eigenvalue weighted by molar-refractivity contribution is 5.95. The number of carbonyl (C=O) groups excluding carboxylic acids is 1. The second-order valence-corrected chi connectivity index (χ2v) is 4.50. The summed E-state index contributed by atoms with van der Waals surface area (Å²) in [5.41, 5.74) is 1.39. The lowest BCUT2D eigenvalue weighted by Crippen LogP contribution is -2.22. The van der Waals surface area contributed by atoms with Crippen LogP contribution in [0.15, 0.2) is 47.5 Å². The number of aromatic nitrogens is 2. The van der Waals surface area contributed by atoms with Gasteiger partial charge in [0.25, 0.3) is 0 Å². The van der Waals surface area contributed by atoms with Crippen LogP contribution in [-0.4, -0.2) is 15.3 Å². The van der Waals surface area contributed by atoms with Gasteiger partial charge in [-0.15, -0.1) is 0 Å². The summed E-state index contributed by atoms with van der Waals surface area (Å²) in [6.07, 6.45) is 4.39. The van der Waals surface area contributed by atoms with E-state index in [0.29, 0.717) is 19.4 Å². The van der Waals surface area contributed by atoms with Crippen molar-refractivity contribution in [1.82, 2.24) is 9.55 Å². The molecule has 19 heavy (non-hydrogen) atoms. The van der Waals surface area contributed by atoms with Crippen LogP contribution in [-0.2, 0) is 6.54 Å². The standard InChI is InChI=1S/C15H16N2O2/c1-12-10-16-15(19)17(11-12)9-5-8-14(18)13-6-3-2-4-7-13/h2-4,6-7,10-11H,5,8-9H2,1H3. The van der Waals surface area contributed by atoms with Crippen molar-refractivity contribution in [2.75, 3.05) is 0 Å². The van der Waals surface area contributed by atoms with E-state index < -0.39 is 0 Å². The zero-order valence-corrected chi connectivity index (χ0v) is 10.9. The Kier molecular flexibility index (Phi) is 4.23. The first-order valence-electron chi connectivity index (χ1n) is 6.28. The smallest absolute Gasteiger partial charge is 0.299 e. The van der Waals surface area contributed by atoms with Gasteiger partial charge in [0.2, 0.25) is 0 Å². The lowest BCUT2D eigenvalue weighted by atomic mass is 10.1. The number of rotatable bonds is 5. The molecule has 1 aromatic carbocycles. The Morgan fingerprint density at radius 2 is 2.00 bits per heavy atom. The predicted molar refractivity (Wildman–Crippen MR) is 73.2 cm³/mol. The van der Waals surface area contributed by atoms with Gasteiger partial charge in [0.1, 0.15) is 0 Å². The van der Waals surface area contributed by atoms with Gasteiger partial charge >= 0.3 is 5.69 Å². The van der Waals surface area contributed by atoms with E-state index >= 15 is 0 Å². The Morgan fingerprint density at radius 3 is 2.74 bits per heavy atom. The van der Waals surface area contributed by atoms with E-state index in [0.717, 1.165) is 11.1 Å². The molecular formula is C15H16N2O2. The first-order valence-corrected chi connectivity index (χ1v) is 6.28. The van der Waals surface area contributed by atoms with Crippen LogP contribution >= 0.6 is 0 Å². The zero-order valence-electron chi connectivity index (χ0n) is 10.9. The van der Waals surface area contributed by atoms with Crippen LogP contribution in [0.2, 0.25) is 0 Å². The molecule has 0 amide bonds. The summed E-state index contributed by atoms with van der Waals surface area (Å²) in [5, 5.41) is 0. The molecule has 1 heterocycles. The SMILES string of the molecule is Cc1cnc(=O)n(CCCC(=O)c2ccccc2)c1. The molecule has 0 aliphatic rings. The van der Waals surface area contributed by atoms with Crippen molar-refractivity contribution < 1.29 is 4.79 Å². The minimum absolute atomic E-state index is 0.106. The average Bonchev–Trinajstić information content (AvgIpc) is 2.43. The van der Waals surface area contributed by atoms with E-state index in [2.05, 4.69) is 4.98 Å². The highest BCUT2D eigenvalue weighted by Crippen LogP contribution is 2.05. The van der Waals surface area contributed by atoms with Gasteiger partial charge < -0.3 is 0 Å². The molecule has 4 heteroatoms. The third-order valence-electron chi connectivity index (χ3n) is 2.88. The number of Topliss-reactive ketones (excluding diaryl/α,β-unsaturated/α-hetero) is 1. The fourth-order valence-electron chi connectivity index (χ4n) is 1.90. The quantitative estimate of drug-likeness (QED) is 0.771. The molecule has 0 saturated carbocycles. The lowest BCUT2D eigenvalue weighted by molar-refractivity contribution is 0.0978. The van der Waals surface area contributed by atoms with Gasteiger partial charge in [0, 0.05) is 30.9 Å². The van der Waals surface area contributed by atoms with E-state index in [9.17, 15) is 9.59 Å². The summed E-state index contributed by atoms with van der Waals surface area (Å²) in [6, 6.07) is 9.20. The van der Waals surface area contributed by atoms with Crippen molar-refractivity contribution in [3.05, 3.63) is 64.3 Å². The van der Waals surface area contributed by atoms with Crippen LogP contribution in [0.5, 0.6) is 0 Å². The highest BCUT2D eigenvalue weighted by Gasteiger charge is 2.05. The number of carbonyl (C=O) groups is 1. The van der Waals surface area contributed by atoms with Gasteiger partial charge in [-0.1, -0.05) is 30.3 Å². The Bertz CT molecular complexity index is 618. The number of aryl methyl sites for hydroxylation is 2. The predicted octanol–water partition coefficient (Wildman–Crippen LogP) is 2.21. The molecule has 0 aliphatic heterocycles. The summed E-state index contributed by atoms with van der Waals surface area (Å²) < 4.78 is 1.55. The minimum Gasteiger partial charge on any atom is -0.299 e. The van der Waals surface area contributed by atoms with Crippen LogP contribution in [0.25, 0.3) is 0 Å². The molecular weight excluding hydrogens is 240 g/mol. The van der Waals surface area contributed by atoms with E-state index in [-0.39, 0.29) is 11.5 Å². The largest absolute Gasteiger partial charge is 0.347 e. The maximum atomic E-state index is 11.9. The number of nitrogens with zero attached hydrogens (tertiary/aromatic N) is 2. The highest BCUT2D eigenvalue weighted by atomic mass is 16.1. The van der Waals surface area contributed by atoms with Crippen molar-refractivity contribution in [1.29, 1.82) is 0 Å². The molecule has 4 nitrogen and oxygen atoms in total. The van der Waals surface area contributed by atoms with Gasteiger partial charge in [-0.25, -0.2) is 9.78 Å². The van der Waals surface area contributed by atoms with Gasteiger partial charge in [0.05, 0.1) is 0 Å². The summed E-state index contributed by atoms with van der Waals surface area (Å²) in [4.78, 5) is 27.1. The molecule has 0 fully saturated rings. The Hall–Kier alpha value is -2.23. The topological polar surface area (TPSA) is 52.0 Å². The number of hydrogen-bond acceptors (Lipinski definition) is 3. The van der Waals surface area contributed by atoms with Crippen molar-refractivity contribution in [2.45, 2.75) is 26.3 Å². The molecule has 0 radical (unpaired) electrons. The monoisotopic (exact) mass is 256 g/mol. The number of ketones is 1. The van der Waals surface area contributed by atoms with Gasteiger partial charge in [0.15, 0.2) is 5.78 Å². The van der Waals surface area contributed by atoms with Gasteiger partial charge in [-0.3, -0.25) is 9.36 Å². The molecule has 0 spiro atoms. The van der Waals surface area contributed by atoms with Crippen molar-refractivity contribution in [3.63, 3.8) is 0 Å². The minimum atomic E-state index is -0.266. The van der Waals surface area contributed by atoms with Crippen molar-refractivity contribution >= 4 is 5.78 Å². The van der Waals surface area contributed by atoms with Crippen LogP contribution in [0.1, 0.15) is 28.8 Å². The molecule has 1 aromatic heterocycles. The normalized spacial score (nSPS) is 10.4. The molecule has 0 unspecified atom stereocenters.